The van der Waals surface area contributed by atoms with Crippen LogP contribution in [0.4, 0.5) is 17.6 Å². The number of rotatable bonds is 5. The zero-order valence-corrected chi connectivity index (χ0v) is 15.3. The van der Waals surface area contributed by atoms with E-state index >= 15 is 0 Å². The number of hydrogen-bond donors (Lipinski definition) is 1. The van der Waals surface area contributed by atoms with Crippen molar-refractivity contribution in [1.82, 2.24) is 9.62 Å². The number of carbonyl (C=O) groups excluding carboxylic acids is 1. The Morgan fingerprint density at radius 1 is 1.22 bits per heavy atom. The molecule has 0 bridgehead atoms. The van der Waals surface area contributed by atoms with Crippen LogP contribution in [0.1, 0.15) is 31.2 Å². The molecule has 3 rings (SSSR count). The van der Waals surface area contributed by atoms with Crippen LogP contribution in [-0.2, 0) is 22.0 Å². The number of halogens is 4. The zero-order valence-electron chi connectivity index (χ0n) is 14.5. The van der Waals surface area contributed by atoms with E-state index in [1.807, 2.05) is 0 Å². The van der Waals surface area contributed by atoms with E-state index in [2.05, 4.69) is 5.32 Å². The molecule has 1 saturated heterocycles. The molecule has 1 unspecified atom stereocenters. The molecule has 1 atom stereocenters. The molecule has 1 heterocycles. The van der Waals surface area contributed by atoms with E-state index in [0.717, 1.165) is 30.5 Å². The monoisotopic (exact) mass is 404 g/mol. The molecule has 27 heavy (non-hydrogen) atoms. The van der Waals surface area contributed by atoms with E-state index in [9.17, 15) is 26.6 Å². The predicted molar refractivity (Wildman–Crippen MR) is 92.4 cm³/mol. The van der Waals surface area contributed by atoms with Gasteiger partial charge in [-0.05, 0) is 49.8 Å². The Morgan fingerprint density at radius 3 is 2.48 bits per heavy atom. The van der Waals surface area contributed by atoms with Crippen LogP contribution < -0.4 is 5.32 Å². The lowest BCUT2D eigenvalue weighted by atomic mass is 10.1. The number of nitrogens with one attached hydrogen (secondary N) is 1. The lowest BCUT2D eigenvalue weighted by Crippen LogP contribution is -2.33. The van der Waals surface area contributed by atoms with Crippen LogP contribution in [0.5, 0.6) is 0 Å². The predicted octanol–water partition coefficient (Wildman–Crippen LogP) is 3.42. The maximum atomic E-state index is 13.5. The Balaban J connectivity index is 1.59. The van der Waals surface area contributed by atoms with Crippen LogP contribution in [0.2, 0.25) is 0 Å². The first-order chi connectivity index (χ1) is 12.7. The van der Waals surface area contributed by atoms with E-state index in [4.69, 9.17) is 0 Å². The fraction of sp³-hybridized carbons (Fsp3) is 0.500. The second-order valence-corrected chi connectivity index (χ2v) is 8.33. The summed E-state index contributed by atoms with van der Waals surface area (Å²) in [7, 11) is -1.89. The second kappa shape index (κ2) is 8.10. The molecule has 1 aromatic carbocycles. The third-order valence-corrected chi connectivity index (χ3v) is 6.07. The lowest BCUT2D eigenvalue weighted by molar-refractivity contribution is -0.138. The summed E-state index contributed by atoms with van der Waals surface area (Å²) in [5.41, 5.74) is -0.248. The molecule has 0 spiro atoms. The van der Waals surface area contributed by atoms with Crippen molar-refractivity contribution in [1.29, 1.82) is 0 Å². The minimum atomic E-state index is -4.70. The molecule has 4 nitrogen and oxygen atoms in total. The van der Waals surface area contributed by atoms with Crippen molar-refractivity contribution in [2.75, 3.05) is 19.6 Å². The maximum absolute atomic E-state index is 13.5. The number of benzene rings is 1. The average molecular weight is 404 g/mol. The molecule has 2 aliphatic rings. The van der Waals surface area contributed by atoms with E-state index in [1.54, 1.807) is 6.08 Å². The minimum Gasteiger partial charge on any atom is -0.352 e. The van der Waals surface area contributed by atoms with Gasteiger partial charge < -0.3 is 5.32 Å². The molecule has 1 aromatic rings. The van der Waals surface area contributed by atoms with Gasteiger partial charge in [0.2, 0.25) is 5.91 Å². The number of alkyl halides is 3. The molecule has 1 aliphatic carbocycles. The van der Waals surface area contributed by atoms with Crippen molar-refractivity contribution in [3.63, 3.8) is 0 Å². The molecular formula is C18H20F4N2O2S. The Morgan fingerprint density at radius 2 is 1.89 bits per heavy atom. The van der Waals surface area contributed by atoms with Gasteiger partial charge in [0.05, 0.1) is 10.5 Å². The molecule has 1 amide bonds. The molecule has 1 saturated carbocycles. The summed E-state index contributed by atoms with van der Waals surface area (Å²) >= 11 is 0. The van der Waals surface area contributed by atoms with E-state index in [0.29, 0.717) is 44.5 Å². The van der Waals surface area contributed by atoms with Crippen LogP contribution in [0.15, 0.2) is 34.7 Å². The first-order valence-electron chi connectivity index (χ1n) is 8.74. The number of nitrogens with zero attached hydrogens (tertiary/aromatic N) is 1. The van der Waals surface area contributed by atoms with Crippen LogP contribution >= 0.6 is 0 Å². The van der Waals surface area contributed by atoms with E-state index in [1.165, 1.54) is 4.31 Å². The smallest absolute Gasteiger partial charge is 0.352 e. The summed E-state index contributed by atoms with van der Waals surface area (Å²) in [6.07, 6.45) is 0.120. The largest absolute Gasteiger partial charge is 0.416 e. The lowest BCUT2D eigenvalue weighted by Gasteiger charge is -2.27. The second-order valence-electron chi connectivity index (χ2n) is 6.84. The Hall–Kier alpha value is -1.74. The standard InChI is InChI=1S/C18H20F4N2O2S/c19-15-8-14(18(20,21)22)9-16(10-15)27(26)24-5-3-12(4-6-24)7-17(25)23-11-13-1-2-13/h7-10,13H,1-6,11H2,(H,23,25). The molecule has 1 aliphatic heterocycles. The fourth-order valence-corrected chi connectivity index (χ4v) is 4.12. The van der Waals surface area contributed by atoms with Gasteiger partial charge in [0.25, 0.3) is 0 Å². The van der Waals surface area contributed by atoms with Crippen LogP contribution in [0.3, 0.4) is 0 Å². The summed E-state index contributed by atoms with van der Waals surface area (Å²) in [6, 6.07) is 1.97. The number of piperidine rings is 1. The van der Waals surface area contributed by atoms with Gasteiger partial charge in [0, 0.05) is 25.7 Å². The van der Waals surface area contributed by atoms with E-state index in [-0.39, 0.29) is 10.8 Å². The molecular weight excluding hydrogens is 384 g/mol. The average Bonchev–Trinajstić information content (AvgIpc) is 3.43. The first kappa shape index (κ1) is 20.0. The Kier molecular flexibility index (Phi) is 6.00. The van der Waals surface area contributed by atoms with Gasteiger partial charge in [-0.15, -0.1) is 0 Å². The number of amides is 1. The number of hydrogen-bond acceptors (Lipinski definition) is 2. The third kappa shape index (κ3) is 5.62. The summed E-state index contributed by atoms with van der Waals surface area (Å²) in [4.78, 5) is 11.6. The summed E-state index contributed by atoms with van der Waals surface area (Å²) < 4.78 is 66.0. The van der Waals surface area contributed by atoms with Crippen molar-refractivity contribution in [2.45, 2.75) is 36.8 Å². The first-order valence-corrected chi connectivity index (χ1v) is 9.85. The molecule has 1 N–H and O–H groups in total. The van der Waals surface area contributed by atoms with E-state index < -0.39 is 28.5 Å². The Labute approximate surface area is 157 Å². The summed E-state index contributed by atoms with van der Waals surface area (Å²) in [5, 5.41) is 2.84. The van der Waals surface area contributed by atoms with Crippen molar-refractivity contribution in [3.8, 4) is 0 Å². The highest BCUT2D eigenvalue weighted by molar-refractivity contribution is 7.82. The molecule has 148 valence electrons. The van der Waals surface area contributed by atoms with Gasteiger partial charge in [-0.3, -0.25) is 4.79 Å². The normalized spacial score (nSPS) is 19.6. The number of carbonyl (C=O) groups is 1. The summed E-state index contributed by atoms with van der Waals surface area (Å²) in [5.74, 6) is -0.631. The van der Waals surface area contributed by atoms with Gasteiger partial charge >= 0.3 is 6.18 Å². The Bertz CT molecular complexity index is 765. The zero-order chi connectivity index (χ0) is 19.6. The van der Waals surface area contributed by atoms with Gasteiger partial charge in [-0.25, -0.2) is 12.9 Å². The molecule has 0 radical (unpaired) electrons. The van der Waals surface area contributed by atoms with Gasteiger partial charge in [0.1, 0.15) is 16.8 Å². The summed E-state index contributed by atoms with van der Waals surface area (Å²) in [6.45, 7) is 1.33. The fourth-order valence-electron chi connectivity index (χ4n) is 2.86. The van der Waals surface area contributed by atoms with Crippen molar-refractivity contribution >= 4 is 16.9 Å². The molecule has 2 fully saturated rings. The topological polar surface area (TPSA) is 49.4 Å². The molecule has 0 aromatic heterocycles. The van der Waals surface area contributed by atoms with Gasteiger partial charge in [-0.2, -0.15) is 13.2 Å². The van der Waals surface area contributed by atoms with Crippen LogP contribution in [0, 0.1) is 11.7 Å². The third-order valence-electron chi connectivity index (χ3n) is 4.60. The molecule has 9 heteroatoms. The van der Waals surface area contributed by atoms with Gasteiger partial charge in [0.15, 0.2) is 0 Å². The quantitative estimate of drug-likeness (QED) is 0.604. The minimum absolute atomic E-state index is 0.147. The van der Waals surface area contributed by atoms with Crippen molar-refractivity contribution in [2.24, 2.45) is 5.92 Å². The van der Waals surface area contributed by atoms with Crippen molar-refractivity contribution < 1.29 is 26.6 Å². The van der Waals surface area contributed by atoms with Crippen molar-refractivity contribution in [3.05, 3.63) is 41.2 Å². The van der Waals surface area contributed by atoms with Crippen LogP contribution in [-0.4, -0.2) is 34.1 Å². The highest BCUT2D eigenvalue weighted by atomic mass is 32.2. The SMILES string of the molecule is O=C(C=C1CCN(S(=O)c2cc(F)cc(C(F)(F)F)c2)CC1)NCC1CC1. The van der Waals surface area contributed by atoms with Crippen LogP contribution in [0.25, 0.3) is 0 Å². The highest BCUT2D eigenvalue weighted by Crippen LogP contribution is 2.32. The maximum Gasteiger partial charge on any atom is 0.416 e. The van der Waals surface area contributed by atoms with Gasteiger partial charge in [-0.1, -0.05) is 5.57 Å². The highest BCUT2D eigenvalue weighted by Gasteiger charge is 2.32.